The second-order valence-electron chi connectivity index (χ2n) is 18.2. The van der Waals surface area contributed by atoms with Gasteiger partial charge in [-0.25, -0.2) is 15.0 Å². The number of fused-ring (bicyclic) bond motifs is 9. The van der Waals surface area contributed by atoms with Gasteiger partial charge in [0.15, 0.2) is 17.5 Å². The van der Waals surface area contributed by atoms with Gasteiger partial charge in [0.1, 0.15) is 22.3 Å². The van der Waals surface area contributed by atoms with Crippen LogP contribution in [-0.4, -0.2) is 19.5 Å². The molecule has 0 unspecified atom stereocenters. The van der Waals surface area contributed by atoms with Crippen molar-refractivity contribution in [3.05, 3.63) is 157 Å². The molecule has 15 rings (SSSR count). The van der Waals surface area contributed by atoms with E-state index >= 15 is 0 Å². The number of rotatable bonds is 5. The minimum atomic E-state index is 0.301. The third kappa shape index (κ3) is 4.99. The molecule has 0 N–H and O–H groups in total. The van der Waals surface area contributed by atoms with E-state index in [9.17, 15) is 0 Å². The van der Waals surface area contributed by atoms with E-state index in [1.165, 1.54) is 60.4 Å². The number of hydrogen-bond acceptors (Lipinski definition) is 5. The summed E-state index contributed by atoms with van der Waals surface area (Å²) in [7, 11) is 0. The van der Waals surface area contributed by atoms with Crippen LogP contribution < -0.4 is 0 Å². The predicted octanol–water partition coefficient (Wildman–Crippen LogP) is 14.2. The molecule has 6 heteroatoms. The van der Waals surface area contributed by atoms with Crippen LogP contribution in [0.4, 0.5) is 0 Å². The van der Waals surface area contributed by atoms with E-state index in [2.05, 4.69) is 108 Å². The Hall–Kier alpha value is -7.05. The molecule has 0 radical (unpaired) electrons. The standard InChI is InChI=1S/C55H40N4O2/c1-2-10-37(11-3-1)59-46-27-35(20-22-38(46)39-23-21-36(28-47(39)59)55-29-32-24-33(30-55)26-34(25-32)31-55)52-56-53(44-16-8-14-42-40-12-4-6-18-48(40)60-50(42)44)58-54(57-52)45-17-9-15-43-41-13-5-7-19-49(41)61-51(43)45/h1-23,27-28,32-34H,24-26,29-31H2. The number of benzene rings is 7. The third-order valence-electron chi connectivity index (χ3n) is 14.6. The highest BCUT2D eigenvalue weighted by Crippen LogP contribution is 2.61. The van der Waals surface area contributed by atoms with Crippen LogP contribution in [0.25, 0.3) is 106 Å². The summed E-state index contributed by atoms with van der Waals surface area (Å²) in [5.74, 6) is 4.33. The first-order chi connectivity index (χ1) is 30.1. The highest BCUT2D eigenvalue weighted by molar-refractivity contribution is 6.12. The second kappa shape index (κ2) is 12.5. The molecule has 4 saturated carbocycles. The van der Waals surface area contributed by atoms with E-state index in [-0.39, 0.29) is 0 Å². The average Bonchev–Trinajstić information content (AvgIpc) is 3.98. The van der Waals surface area contributed by atoms with Crippen molar-refractivity contribution in [3.63, 3.8) is 0 Å². The Kier molecular flexibility index (Phi) is 6.91. The zero-order valence-electron chi connectivity index (χ0n) is 33.5. The highest BCUT2D eigenvalue weighted by atomic mass is 16.3. The van der Waals surface area contributed by atoms with Gasteiger partial charge in [0.2, 0.25) is 0 Å². The van der Waals surface area contributed by atoms with Crippen molar-refractivity contribution < 1.29 is 8.83 Å². The molecule has 4 aliphatic carbocycles. The summed E-state index contributed by atoms with van der Waals surface area (Å²) < 4.78 is 15.6. The van der Waals surface area contributed by atoms with Crippen molar-refractivity contribution in [2.75, 3.05) is 0 Å². The van der Waals surface area contributed by atoms with Crippen molar-refractivity contribution in [1.29, 1.82) is 0 Å². The first-order valence-corrected chi connectivity index (χ1v) is 21.8. The van der Waals surface area contributed by atoms with Gasteiger partial charge in [-0.2, -0.15) is 0 Å². The average molecular weight is 789 g/mol. The molecule has 0 atom stereocenters. The molecule has 292 valence electrons. The summed E-state index contributed by atoms with van der Waals surface area (Å²) in [5.41, 5.74) is 11.1. The molecule has 4 aromatic heterocycles. The second-order valence-corrected chi connectivity index (χ2v) is 18.2. The van der Waals surface area contributed by atoms with Crippen LogP contribution in [0, 0.1) is 17.8 Å². The van der Waals surface area contributed by atoms with Crippen LogP contribution in [0.1, 0.15) is 44.1 Å². The summed E-state index contributed by atoms with van der Waals surface area (Å²) in [6, 6.07) is 53.7. The molecule has 7 aromatic carbocycles. The molecule has 0 amide bonds. The van der Waals surface area contributed by atoms with E-state index in [1.54, 1.807) is 0 Å². The van der Waals surface area contributed by atoms with Crippen LogP contribution in [0.3, 0.4) is 0 Å². The van der Waals surface area contributed by atoms with E-state index in [0.717, 1.165) is 89.5 Å². The molecule has 4 aliphatic rings. The van der Waals surface area contributed by atoms with Crippen LogP contribution in [0.15, 0.2) is 160 Å². The molecular formula is C55H40N4O2. The van der Waals surface area contributed by atoms with Crippen molar-refractivity contribution >= 4 is 65.7 Å². The summed E-state index contributed by atoms with van der Waals surface area (Å²) >= 11 is 0. The van der Waals surface area contributed by atoms with Crippen LogP contribution in [0.5, 0.6) is 0 Å². The normalized spacial score (nSPS) is 21.0. The van der Waals surface area contributed by atoms with Crippen molar-refractivity contribution in [2.24, 2.45) is 17.8 Å². The number of para-hydroxylation sites is 5. The van der Waals surface area contributed by atoms with Gasteiger partial charge in [-0.05, 0) is 116 Å². The Balaban J connectivity index is 1.00. The molecule has 11 aromatic rings. The van der Waals surface area contributed by atoms with Gasteiger partial charge in [-0.15, -0.1) is 0 Å². The molecule has 4 heterocycles. The van der Waals surface area contributed by atoms with Gasteiger partial charge in [0, 0.05) is 43.6 Å². The van der Waals surface area contributed by atoms with Gasteiger partial charge in [0.05, 0.1) is 22.2 Å². The minimum Gasteiger partial charge on any atom is -0.455 e. The fourth-order valence-corrected chi connectivity index (χ4v) is 12.4. The van der Waals surface area contributed by atoms with E-state index in [4.69, 9.17) is 23.8 Å². The molecule has 4 bridgehead atoms. The maximum Gasteiger partial charge on any atom is 0.167 e. The van der Waals surface area contributed by atoms with E-state index in [1.807, 2.05) is 48.5 Å². The van der Waals surface area contributed by atoms with Gasteiger partial charge in [-0.1, -0.05) is 103 Å². The maximum atomic E-state index is 6.56. The lowest BCUT2D eigenvalue weighted by Gasteiger charge is -2.57. The number of aromatic nitrogens is 4. The number of furan rings is 2. The lowest BCUT2D eigenvalue weighted by molar-refractivity contribution is -0.00513. The molecule has 0 aliphatic heterocycles. The smallest absolute Gasteiger partial charge is 0.167 e. The summed E-state index contributed by atoms with van der Waals surface area (Å²) in [6.07, 6.45) is 8.34. The predicted molar refractivity (Wildman–Crippen MR) is 245 cm³/mol. The summed E-state index contributed by atoms with van der Waals surface area (Å²) in [5, 5.41) is 6.66. The lowest BCUT2D eigenvalue weighted by Crippen LogP contribution is -2.48. The molecule has 0 saturated heterocycles. The van der Waals surface area contributed by atoms with E-state index in [0.29, 0.717) is 22.9 Å². The Bertz CT molecular complexity index is 3430. The van der Waals surface area contributed by atoms with Crippen molar-refractivity contribution in [2.45, 2.75) is 43.9 Å². The Morgan fingerprint density at radius 1 is 0.443 bits per heavy atom. The maximum absolute atomic E-state index is 6.56. The summed E-state index contributed by atoms with van der Waals surface area (Å²) in [6.45, 7) is 0. The zero-order chi connectivity index (χ0) is 39.8. The lowest BCUT2D eigenvalue weighted by atomic mass is 9.48. The Labute approximate surface area is 351 Å². The van der Waals surface area contributed by atoms with Crippen LogP contribution >= 0.6 is 0 Å². The van der Waals surface area contributed by atoms with E-state index < -0.39 is 0 Å². The molecule has 6 nitrogen and oxygen atoms in total. The molecule has 61 heavy (non-hydrogen) atoms. The molecule has 0 spiro atoms. The Morgan fingerprint density at radius 2 is 0.951 bits per heavy atom. The zero-order valence-corrected chi connectivity index (χ0v) is 33.5. The van der Waals surface area contributed by atoms with Crippen LogP contribution in [-0.2, 0) is 5.41 Å². The number of hydrogen-bond donors (Lipinski definition) is 0. The van der Waals surface area contributed by atoms with Crippen molar-refractivity contribution in [3.8, 4) is 39.9 Å². The first kappa shape index (κ1) is 33.7. The quantitative estimate of drug-likeness (QED) is 0.174. The fourth-order valence-electron chi connectivity index (χ4n) is 12.4. The topological polar surface area (TPSA) is 69.9 Å². The van der Waals surface area contributed by atoms with Crippen LogP contribution in [0.2, 0.25) is 0 Å². The molecule has 4 fully saturated rings. The van der Waals surface area contributed by atoms with Gasteiger partial charge in [-0.3, -0.25) is 0 Å². The molecular weight excluding hydrogens is 749 g/mol. The van der Waals surface area contributed by atoms with Gasteiger partial charge in [0.25, 0.3) is 0 Å². The van der Waals surface area contributed by atoms with Gasteiger partial charge >= 0.3 is 0 Å². The van der Waals surface area contributed by atoms with Gasteiger partial charge < -0.3 is 13.4 Å². The monoisotopic (exact) mass is 788 g/mol. The minimum absolute atomic E-state index is 0.301. The Morgan fingerprint density at radius 3 is 1.56 bits per heavy atom. The van der Waals surface area contributed by atoms with Crippen molar-refractivity contribution in [1.82, 2.24) is 19.5 Å². The first-order valence-electron chi connectivity index (χ1n) is 21.8. The largest absolute Gasteiger partial charge is 0.455 e. The SMILES string of the molecule is c1ccc(-n2c3cc(-c4nc(-c5cccc6c5oc5ccccc56)nc(-c5cccc6c5oc5ccccc56)n4)ccc3c3ccc(C45CC6CC(CC(C6)C4)C5)cc32)cc1. The highest BCUT2D eigenvalue weighted by Gasteiger charge is 2.51. The summed E-state index contributed by atoms with van der Waals surface area (Å²) in [4.78, 5) is 15.8. The number of nitrogens with zero attached hydrogens (tertiary/aromatic N) is 4. The third-order valence-corrected chi connectivity index (χ3v) is 14.6. The fraction of sp³-hybridized carbons (Fsp3) is 0.182.